The maximum atomic E-state index is 8.70. The van der Waals surface area contributed by atoms with E-state index in [4.69, 9.17) is 5.11 Å². The third-order valence-electron chi connectivity index (χ3n) is 3.19. The molecule has 0 fully saturated rings. The van der Waals surface area contributed by atoms with E-state index in [0.717, 1.165) is 25.8 Å². The summed E-state index contributed by atoms with van der Waals surface area (Å²) in [6, 6.07) is 14.8. The molecule has 2 heteroatoms. The van der Waals surface area contributed by atoms with Crippen molar-refractivity contribution in [2.24, 2.45) is 0 Å². The van der Waals surface area contributed by atoms with E-state index in [1.54, 1.807) is 0 Å². The summed E-state index contributed by atoms with van der Waals surface area (Å²) in [7, 11) is 0. The Labute approximate surface area is 109 Å². The summed E-state index contributed by atoms with van der Waals surface area (Å²) in [6.07, 6.45) is 4.38. The molecule has 0 atom stereocenters. The summed E-state index contributed by atoms with van der Waals surface area (Å²) in [4.78, 5) is 0. The molecular weight excluding hydrogens is 222 g/mol. The number of aliphatic hydroxyl groups excluding tert-OH is 1. The predicted molar refractivity (Wildman–Crippen MR) is 78.0 cm³/mol. The van der Waals surface area contributed by atoms with Crippen LogP contribution in [0.25, 0.3) is 10.8 Å². The summed E-state index contributed by atoms with van der Waals surface area (Å²) in [6.45, 7) is 1.32. The second kappa shape index (κ2) is 7.02. The third kappa shape index (κ3) is 3.47. The fourth-order valence-electron chi connectivity index (χ4n) is 2.19. The van der Waals surface area contributed by atoms with Crippen LogP contribution in [0.5, 0.6) is 0 Å². The highest BCUT2D eigenvalue weighted by Crippen LogP contribution is 2.22. The maximum Gasteiger partial charge on any atom is 0.0431 e. The molecule has 0 spiro atoms. The monoisotopic (exact) mass is 243 g/mol. The van der Waals surface area contributed by atoms with E-state index in [9.17, 15) is 0 Å². The first-order chi connectivity index (χ1) is 8.92. The van der Waals surface area contributed by atoms with Gasteiger partial charge in [0.25, 0.3) is 0 Å². The van der Waals surface area contributed by atoms with Gasteiger partial charge in [0.2, 0.25) is 0 Å². The van der Waals surface area contributed by atoms with Gasteiger partial charge >= 0.3 is 0 Å². The lowest BCUT2D eigenvalue weighted by Crippen LogP contribution is -2.02. The van der Waals surface area contributed by atoms with E-state index in [1.807, 2.05) is 0 Å². The molecule has 0 aliphatic heterocycles. The van der Waals surface area contributed by atoms with Crippen LogP contribution >= 0.6 is 0 Å². The largest absolute Gasteiger partial charge is 0.396 e. The van der Waals surface area contributed by atoms with Gasteiger partial charge in [0.15, 0.2) is 0 Å². The molecule has 0 heterocycles. The van der Waals surface area contributed by atoms with E-state index in [1.165, 1.54) is 22.9 Å². The quantitative estimate of drug-likeness (QED) is 0.725. The molecule has 2 rings (SSSR count). The molecule has 2 aromatic rings. The molecule has 18 heavy (non-hydrogen) atoms. The summed E-state index contributed by atoms with van der Waals surface area (Å²) < 4.78 is 0. The van der Waals surface area contributed by atoms with Gasteiger partial charge in [0.05, 0.1) is 0 Å². The molecule has 0 saturated heterocycles. The highest BCUT2D eigenvalue weighted by molar-refractivity contribution is 5.93. The van der Waals surface area contributed by atoms with Gasteiger partial charge in [-0.05, 0) is 24.3 Å². The van der Waals surface area contributed by atoms with E-state index in [2.05, 4.69) is 47.8 Å². The topological polar surface area (TPSA) is 32.3 Å². The Kier molecular flexibility index (Phi) is 5.03. The van der Waals surface area contributed by atoms with E-state index in [-0.39, 0.29) is 0 Å². The van der Waals surface area contributed by atoms with E-state index in [0.29, 0.717) is 6.61 Å². The Hall–Kier alpha value is -1.54. The molecule has 2 aromatic carbocycles. The van der Waals surface area contributed by atoms with Gasteiger partial charge in [-0.1, -0.05) is 49.2 Å². The average Bonchev–Trinajstić information content (AvgIpc) is 2.43. The Morgan fingerprint density at radius 3 is 2.50 bits per heavy atom. The number of nitrogens with one attached hydrogen (secondary N) is 1. The Balaban J connectivity index is 1.88. The first-order valence-corrected chi connectivity index (χ1v) is 6.74. The summed E-state index contributed by atoms with van der Waals surface area (Å²) in [5.41, 5.74) is 1.22. The van der Waals surface area contributed by atoms with Gasteiger partial charge in [0, 0.05) is 24.2 Å². The normalized spacial score (nSPS) is 10.7. The standard InChI is InChI=1S/C16H21NO/c18-13-6-2-1-5-12-17-16-11-7-9-14-8-3-4-10-15(14)16/h3-4,7-11,17-18H,1-2,5-6,12-13H2. The van der Waals surface area contributed by atoms with Crippen molar-refractivity contribution in [1.82, 2.24) is 0 Å². The molecule has 0 bridgehead atoms. The molecule has 2 nitrogen and oxygen atoms in total. The van der Waals surface area contributed by atoms with Crippen LogP contribution in [0, 0.1) is 0 Å². The highest BCUT2D eigenvalue weighted by Gasteiger charge is 1.98. The van der Waals surface area contributed by atoms with Crippen molar-refractivity contribution >= 4 is 16.5 Å². The fraction of sp³-hybridized carbons (Fsp3) is 0.375. The van der Waals surface area contributed by atoms with Crippen molar-refractivity contribution < 1.29 is 5.11 Å². The Morgan fingerprint density at radius 2 is 1.61 bits per heavy atom. The molecule has 0 radical (unpaired) electrons. The lowest BCUT2D eigenvalue weighted by molar-refractivity contribution is 0.283. The highest BCUT2D eigenvalue weighted by atomic mass is 16.2. The summed E-state index contributed by atoms with van der Waals surface area (Å²) in [5.74, 6) is 0. The van der Waals surface area contributed by atoms with Crippen LogP contribution in [0.15, 0.2) is 42.5 Å². The fourth-order valence-corrected chi connectivity index (χ4v) is 2.19. The second-order valence-corrected chi connectivity index (χ2v) is 4.59. The minimum Gasteiger partial charge on any atom is -0.396 e. The van der Waals surface area contributed by atoms with Crippen molar-refractivity contribution in [2.75, 3.05) is 18.5 Å². The summed E-state index contributed by atoms with van der Waals surface area (Å²) in [5, 5.41) is 14.8. The molecule has 0 aliphatic rings. The van der Waals surface area contributed by atoms with E-state index >= 15 is 0 Å². The number of hydrogen-bond acceptors (Lipinski definition) is 2. The van der Waals surface area contributed by atoms with Crippen LogP contribution in [0.3, 0.4) is 0 Å². The molecule has 0 saturated carbocycles. The van der Waals surface area contributed by atoms with Crippen LogP contribution in [0.2, 0.25) is 0 Å². The molecular formula is C16H21NO. The van der Waals surface area contributed by atoms with Crippen LogP contribution in [0.4, 0.5) is 5.69 Å². The van der Waals surface area contributed by atoms with Crippen LogP contribution in [-0.4, -0.2) is 18.3 Å². The van der Waals surface area contributed by atoms with Gasteiger partial charge in [-0.3, -0.25) is 0 Å². The Morgan fingerprint density at radius 1 is 0.833 bits per heavy atom. The van der Waals surface area contributed by atoms with Gasteiger partial charge in [0.1, 0.15) is 0 Å². The summed E-state index contributed by atoms with van der Waals surface area (Å²) >= 11 is 0. The molecule has 96 valence electrons. The van der Waals surface area contributed by atoms with Crippen LogP contribution in [-0.2, 0) is 0 Å². The second-order valence-electron chi connectivity index (χ2n) is 4.59. The molecule has 0 aromatic heterocycles. The van der Waals surface area contributed by atoms with Gasteiger partial charge in [-0.25, -0.2) is 0 Å². The zero-order chi connectivity index (χ0) is 12.6. The number of fused-ring (bicyclic) bond motifs is 1. The number of hydrogen-bond donors (Lipinski definition) is 2. The minimum atomic E-state index is 0.316. The predicted octanol–water partition coefficient (Wildman–Crippen LogP) is 3.80. The molecule has 0 unspecified atom stereocenters. The van der Waals surface area contributed by atoms with E-state index < -0.39 is 0 Å². The van der Waals surface area contributed by atoms with Crippen molar-refractivity contribution in [3.8, 4) is 0 Å². The van der Waals surface area contributed by atoms with Crippen LogP contribution in [0.1, 0.15) is 25.7 Å². The van der Waals surface area contributed by atoms with Crippen molar-refractivity contribution in [1.29, 1.82) is 0 Å². The van der Waals surface area contributed by atoms with Gasteiger partial charge in [-0.15, -0.1) is 0 Å². The smallest absolute Gasteiger partial charge is 0.0431 e. The number of benzene rings is 2. The van der Waals surface area contributed by atoms with Crippen molar-refractivity contribution in [3.63, 3.8) is 0 Å². The number of anilines is 1. The zero-order valence-electron chi connectivity index (χ0n) is 10.7. The minimum absolute atomic E-state index is 0.316. The SMILES string of the molecule is OCCCCCCNc1cccc2ccccc12. The lowest BCUT2D eigenvalue weighted by Gasteiger charge is -2.09. The van der Waals surface area contributed by atoms with Gasteiger partial charge in [-0.2, -0.15) is 0 Å². The average molecular weight is 243 g/mol. The zero-order valence-corrected chi connectivity index (χ0v) is 10.7. The van der Waals surface area contributed by atoms with Crippen molar-refractivity contribution in [3.05, 3.63) is 42.5 Å². The number of aliphatic hydroxyl groups is 1. The van der Waals surface area contributed by atoms with Crippen LogP contribution < -0.4 is 5.32 Å². The molecule has 2 N–H and O–H groups in total. The van der Waals surface area contributed by atoms with Crippen molar-refractivity contribution in [2.45, 2.75) is 25.7 Å². The maximum absolute atomic E-state index is 8.70. The number of unbranched alkanes of at least 4 members (excludes halogenated alkanes) is 3. The third-order valence-corrected chi connectivity index (χ3v) is 3.19. The molecule has 0 amide bonds. The number of rotatable bonds is 7. The van der Waals surface area contributed by atoms with Gasteiger partial charge < -0.3 is 10.4 Å². The Bertz CT molecular complexity index is 476. The molecule has 0 aliphatic carbocycles. The lowest BCUT2D eigenvalue weighted by atomic mass is 10.1. The first-order valence-electron chi connectivity index (χ1n) is 6.74. The first kappa shape index (κ1) is 12.9.